The summed E-state index contributed by atoms with van der Waals surface area (Å²) in [4.78, 5) is 26.4. The second kappa shape index (κ2) is 8.69. The zero-order chi connectivity index (χ0) is 19.4. The fraction of sp³-hybridized carbons (Fsp3) is 0.167. The van der Waals surface area contributed by atoms with Crippen LogP contribution in [0.2, 0.25) is 5.02 Å². The van der Waals surface area contributed by atoms with Crippen LogP contribution in [0.15, 0.2) is 45.9 Å². The number of hydrogen-bond acceptors (Lipinski definition) is 5. The molecule has 1 aliphatic heterocycles. The molecule has 2 heterocycles. The standard InChI is InChI=1S/C18H14ClFN2O3S2/c19-13-9-11(5-6-14(13)20)21-16(23)4-1-7-22-17(24)15(27-18(22)26)10-12-3-2-8-25-12/h2-3,5-6,8-10H,1,4,7H2,(H,21,23)/b15-10-. The average molecular weight is 425 g/mol. The van der Waals surface area contributed by atoms with E-state index < -0.39 is 5.82 Å². The second-order valence-corrected chi connectivity index (χ2v) is 7.71. The number of nitrogens with one attached hydrogen (secondary N) is 1. The van der Waals surface area contributed by atoms with E-state index in [0.717, 1.165) is 0 Å². The lowest BCUT2D eigenvalue weighted by molar-refractivity contribution is -0.122. The maximum absolute atomic E-state index is 13.1. The van der Waals surface area contributed by atoms with Gasteiger partial charge in [-0.3, -0.25) is 14.5 Å². The molecule has 9 heteroatoms. The molecule has 0 bridgehead atoms. The number of thioether (sulfide) groups is 1. The van der Waals surface area contributed by atoms with Crippen LogP contribution in [-0.4, -0.2) is 27.6 Å². The molecule has 1 aliphatic rings. The van der Waals surface area contributed by atoms with Crippen molar-refractivity contribution in [1.82, 2.24) is 4.90 Å². The fourth-order valence-corrected chi connectivity index (χ4v) is 3.86. The van der Waals surface area contributed by atoms with Gasteiger partial charge in [0.25, 0.3) is 5.91 Å². The van der Waals surface area contributed by atoms with Crippen LogP contribution in [-0.2, 0) is 9.59 Å². The van der Waals surface area contributed by atoms with E-state index in [9.17, 15) is 14.0 Å². The van der Waals surface area contributed by atoms with Crippen molar-refractivity contribution < 1.29 is 18.4 Å². The van der Waals surface area contributed by atoms with Crippen LogP contribution in [0.3, 0.4) is 0 Å². The SMILES string of the molecule is O=C(CCCN1C(=O)/C(=C/c2ccco2)SC1=S)Nc1ccc(F)c(Cl)c1. The van der Waals surface area contributed by atoms with Crippen molar-refractivity contribution in [2.75, 3.05) is 11.9 Å². The van der Waals surface area contributed by atoms with Gasteiger partial charge in [-0.25, -0.2) is 4.39 Å². The first-order chi connectivity index (χ1) is 12.9. The van der Waals surface area contributed by atoms with Gasteiger partial charge in [0.15, 0.2) is 0 Å². The molecule has 0 spiro atoms. The Morgan fingerprint density at radius 2 is 2.22 bits per heavy atom. The lowest BCUT2D eigenvalue weighted by atomic mass is 10.2. The molecule has 27 heavy (non-hydrogen) atoms. The molecule has 2 aromatic rings. The minimum absolute atomic E-state index is 0.0614. The lowest BCUT2D eigenvalue weighted by Gasteiger charge is -2.14. The van der Waals surface area contributed by atoms with E-state index in [2.05, 4.69) is 5.32 Å². The number of rotatable bonds is 6. The number of halogens is 2. The number of furan rings is 1. The smallest absolute Gasteiger partial charge is 0.266 e. The van der Waals surface area contributed by atoms with Gasteiger partial charge in [-0.05, 0) is 36.8 Å². The molecule has 1 aromatic carbocycles. The van der Waals surface area contributed by atoms with Crippen molar-refractivity contribution >= 4 is 63.5 Å². The van der Waals surface area contributed by atoms with Gasteiger partial charge < -0.3 is 9.73 Å². The Hall–Kier alpha value is -2.16. The Kier molecular flexibility index (Phi) is 6.30. The number of amides is 2. The zero-order valence-corrected chi connectivity index (χ0v) is 16.3. The van der Waals surface area contributed by atoms with E-state index in [4.69, 9.17) is 28.2 Å². The molecule has 0 saturated carbocycles. The van der Waals surface area contributed by atoms with Crippen molar-refractivity contribution in [3.05, 3.63) is 58.1 Å². The summed E-state index contributed by atoms with van der Waals surface area (Å²) in [5, 5.41) is 2.58. The number of thiocarbonyl (C=S) groups is 1. The minimum atomic E-state index is -0.549. The highest BCUT2D eigenvalue weighted by Gasteiger charge is 2.31. The minimum Gasteiger partial charge on any atom is -0.465 e. The summed E-state index contributed by atoms with van der Waals surface area (Å²) in [5.41, 5.74) is 0.415. The van der Waals surface area contributed by atoms with Crippen LogP contribution in [0.25, 0.3) is 6.08 Å². The highest BCUT2D eigenvalue weighted by atomic mass is 35.5. The number of nitrogens with zero attached hydrogens (tertiary/aromatic N) is 1. The van der Waals surface area contributed by atoms with Gasteiger partial charge in [-0.15, -0.1) is 0 Å². The predicted molar refractivity (Wildman–Crippen MR) is 108 cm³/mol. The van der Waals surface area contributed by atoms with Crippen molar-refractivity contribution in [1.29, 1.82) is 0 Å². The van der Waals surface area contributed by atoms with Crippen molar-refractivity contribution in [2.24, 2.45) is 0 Å². The first-order valence-electron chi connectivity index (χ1n) is 7.98. The van der Waals surface area contributed by atoms with E-state index in [-0.39, 0.29) is 23.3 Å². The summed E-state index contributed by atoms with van der Waals surface area (Å²) in [5.74, 6) is -0.430. The van der Waals surface area contributed by atoms with Crippen LogP contribution in [0, 0.1) is 5.82 Å². The maximum atomic E-state index is 13.1. The summed E-state index contributed by atoms with van der Waals surface area (Å²) in [6, 6.07) is 7.44. The number of anilines is 1. The molecule has 0 radical (unpaired) electrons. The van der Waals surface area contributed by atoms with Crippen LogP contribution in [0.5, 0.6) is 0 Å². The quantitative estimate of drug-likeness (QED) is 0.538. The molecule has 140 valence electrons. The molecule has 1 N–H and O–H groups in total. The molecular formula is C18H14ClFN2O3S2. The van der Waals surface area contributed by atoms with Gasteiger partial charge in [-0.2, -0.15) is 0 Å². The topological polar surface area (TPSA) is 62.6 Å². The molecule has 5 nitrogen and oxygen atoms in total. The monoisotopic (exact) mass is 424 g/mol. The number of hydrogen-bond donors (Lipinski definition) is 1. The summed E-state index contributed by atoms with van der Waals surface area (Å²) in [6.07, 6.45) is 3.79. The summed E-state index contributed by atoms with van der Waals surface area (Å²) in [6.45, 7) is 0.331. The van der Waals surface area contributed by atoms with E-state index in [0.29, 0.717) is 33.6 Å². The molecule has 0 atom stereocenters. The Labute approximate surface area is 169 Å². The van der Waals surface area contributed by atoms with Crippen LogP contribution >= 0.6 is 35.6 Å². The highest BCUT2D eigenvalue weighted by Crippen LogP contribution is 2.32. The third kappa shape index (κ3) is 4.97. The van der Waals surface area contributed by atoms with Crippen molar-refractivity contribution in [3.63, 3.8) is 0 Å². The summed E-state index contributed by atoms with van der Waals surface area (Å²) < 4.78 is 18.8. The van der Waals surface area contributed by atoms with Gasteiger partial charge in [-0.1, -0.05) is 35.6 Å². The predicted octanol–water partition coefficient (Wildman–Crippen LogP) is 4.69. The van der Waals surface area contributed by atoms with E-state index >= 15 is 0 Å². The van der Waals surface area contributed by atoms with Gasteiger partial charge in [0, 0.05) is 24.7 Å². The van der Waals surface area contributed by atoms with Crippen molar-refractivity contribution in [3.8, 4) is 0 Å². The Balaban J connectivity index is 1.51. The molecular weight excluding hydrogens is 411 g/mol. The number of benzene rings is 1. The lowest BCUT2D eigenvalue weighted by Crippen LogP contribution is -2.29. The molecule has 0 unspecified atom stereocenters. The third-order valence-corrected chi connectivity index (χ3v) is 5.35. The number of carbonyl (C=O) groups excluding carboxylic acids is 2. The number of carbonyl (C=O) groups is 2. The van der Waals surface area contributed by atoms with Gasteiger partial charge in [0.2, 0.25) is 5.91 Å². The molecule has 1 aromatic heterocycles. The molecule has 1 fully saturated rings. The molecule has 1 saturated heterocycles. The molecule has 2 amide bonds. The first-order valence-corrected chi connectivity index (χ1v) is 9.58. The first kappa shape index (κ1) is 19.6. The van der Waals surface area contributed by atoms with Gasteiger partial charge in [0.1, 0.15) is 15.9 Å². The average Bonchev–Trinajstić information content (AvgIpc) is 3.22. The van der Waals surface area contributed by atoms with Crippen LogP contribution in [0.4, 0.5) is 10.1 Å². The Morgan fingerprint density at radius 3 is 2.93 bits per heavy atom. The summed E-state index contributed by atoms with van der Waals surface area (Å²) in [7, 11) is 0. The highest BCUT2D eigenvalue weighted by molar-refractivity contribution is 8.26. The normalized spacial score (nSPS) is 15.6. The van der Waals surface area contributed by atoms with E-state index in [1.165, 1.54) is 41.1 Å². The third-order valence-electron chi connectivity index (χ3n) is 3.68. The Bertz CT molecular complexity index is 915. The Morgan fingerprint density at radius 1 is 1.41 bits per heavy atom. The van der Waals surface area contributed by atoms with Gasteiger partial charge in [0.05, 0.1) is 16.2 Å². The van der Waals surface area contributed by atoms with Crippen LogP contribution in [0.1, 0.15) is 18.6 Å². The maximum Gasteiger partial charge on any atom is 0.266 e. The molecule has 3 rings (SSSR count). The van der Waals surface area contributed by atoms with E-state index in [1.54, 1.807) is 18.2 Å². The van der Waals surface area contributed by atoms with E-state index in [1.807, 2.05) is 0 Å². The largest absolute Gasteiger partial charge is 0.465 e. The van der Waals surface area contributed by atoms with Crippen LogP contribution < -0.4 is 5.32 Å². The van der Waals surface area contributed by atoms with Gasteiger partial charge >= 0.3 is 0 Å². The zero-order valence-electron chi connectivity index (χ0n) is 13.9. The molecule has 0 aliphatic carbocycles. The fourth-order valence-electron chi connectivity index (χ4n) is 2.39. The summed E-state index contributed by atoms with van der Waals surface area (Å²) >= 11 is 12.1. The second-order valence-electron chi connectivity index (χ2n) is 5.63. The van der Waals surface area contributed by atoms with Crippen molar-refractivity contribution in [2.45, 2.75) is 12.8 Å².